The molecule has 22 heavy (non-hydrogen) atoms. The Morgan fingerprint density at radius 1 is 0.955 bits per heavy atom. The van der Waals surface area contributed by atoms with Gasteiger partial charge in [0.2, 0.25) is 0 Å². The van der Waals surface area contributed by atoms with E-state index in [0.29, 0.717) is 5.75 Å². The summed E-state index contributed by atoms with van der Waals surface area (Å²) in [4.78, 5) is 2.10. The fraction of sp³-hybridized carbons (Fsp3) is 0.200. The molecule has 1 N–H and O–H groups in total. The minimum atomic E-state index is 0.370. The highest BCUT2D eigenvalue weighted by molar-refractivity contribution is 5.88. The van der Waals surface area contributed by atoms with Gasteiger partial charge in [-0.05, 0) is 47.0 Å². The maximum Gasteiger partial charge on any atom is 0.119 e. The van der Waals surface area contributed by atoms with Gasteiger partial charge < -0.3 is 10.0 Å². The molecule has 0 radical (unpaired) electrons. The lowest BCUT2D eigenvalue weighted by Crippen LogP contribution is -2.09. The van der Waals surface area contributed by atoms with Crippen LogP contribution in [-0.4, -0.2) is 19.2 Å². The molecule has 0 saturated carbocycles. The van der Waals surface area contributed by atoms with Crippen LogP contribution in [0.3, 0.4) is 0 Å². The Morgan fingerprint density at radius 2 is 1.73 bits per heavy atom. The predicted molar refractivity (Wildman–Crippen MR) is 93.9 cm³/mol. The zero-order chi connectivity index (χ0) is 15.7. The molecule has 0 fully saturated rings. The highest BCUT2D eigenvalue weighted by Crippen LogP contribution is 2.30. The number of phenolic OH excluding ortho intramolecular Hbond substituents is 1. The van der Waals surface area contributed by atoms with Crippen LogP contribution in [0.25, 0.3) is 10.8 Å². The second kappa shape index (κ2) is 5.72. The molecule has 0 unspecified atom stereocenters. The first-order valence-electron chi connectivity index (χ1n) is 7.52. The van der Waals surface area contributed by atoms with Crippen LogP contribution in [0.15, 0.2) is 54.6 Å². The standard InChI is InChI=1S/C20H21NO/c1-14-12-17(21(2)3)10-8-16(14)13-19-18-7-5-4-6-15(18)9-11-20(19)22/h4-12,22H,13H2,1-3H3. The number of hydrogen-bond acceptors (Lipinski definition) is 2. The average molecular weight is 291 g/mol. The summed E-state index contributed by atoms with van der Waals surface area (Å²) >= 11 is 0. The Hall–Kier alpha value is -2.48. The largest absolute Gasteiger partial charge is 0.508 e. The molecule has 0 aliphatic heterocycles. The summed E-state index contributed by atoms with van der Waals surface area (Å²) < 4.78 is 0. The van der Waals surface area contributed by atoms with Crippen molar-refractivity contribution in [1.82, 2.24) is 0 Å². The van der Waals surface area contributed by atoms with Gasteiger partial charge >= 0.3 is 0 Å². The summed E-state index contributed by atoms with van der Waals surface area (Å²) in [6, 6.07) is 18.5. The van der Waals surface area contributed by atoms with Crippen molar-refractivity contribution in [1.29, 1.82) is 0 Å². The van der Waals surface area contributed by atoms with Crippen LogP contribution in [-0.2, 0) is 6.42 Å². The lowest BCUT2D eigenvalue weighted by Gasteiger charge is -2.16. The molecule has 3 aromatic carbocycles. The molecular weight excluding hydrogens is 270 g/mol. The average Bonchev–Trinajstić information content (AvgIpc) is 2.51. The van der Waals surface area contributed by atoms with Crippen molar-refractivity contribution in [2.24, 2.45) is 0 Å². The SMILES string of the molecule is Cc1cc(N(C)C)ccc1Cc1c(O)ccc2ccccc12. The fourth-order valence-corrected chi connectivity index (χ4v) is 2.86. The van der Waals surface area contributed by atoms with Gasteiger partial charge in [-0.15, -0.1) is 0 Å². The highest BCUT2D eigenvalue weighted by atomic mass is 16.3. The summed E-state index contributed by atoms with van der Waals surface area (Å²) in [5.74, 6) is 0.370. The Morgan fingerprint density at radius 3 is 2.45 bits per heavy atom. The number of nitrogens with zero attached hydrogens (tertiary/aromatic N) is 1. The van der Waals surface area contributed by atoms with Gasteiger partial charge in [-0.3, -0.25) is 0 Å². The quantitative estimate of drug-likeness (QED) is 0.767. The zero-order valence-corrected chi connectivity index (χ0v) is 13.3. The predicted octanol–water partition coefficient (Wildman–Crippen LogP) is 4.51. The molecule has 0 aliphatic rings. The van der Waals surface area contributed by atoms with Crippen LogP contribution in [0, 0.1) is 6.92 Å². The van der Waals surface area contributed by atoms with Gasteiger partial charge in [0.05, 0.1) is 0 Å². The van der Waals surface area contributed by atoms with E-state index in [4.69, 9.17) is 0 Å². The molecule has 3 aromatic rings. The Balaban J connectivity index is 2.05. The van der Waals surface area contributed by atoms with E-state index < -0.39 is 0 Å². The number of rotatable bonds is 3. The minimum Gasteiger partial charge on any atom is -0.508 e. The van der Waals surface area contributed by atoms with Gasteiger partial charge in [-0.1, -0.05) is 36.4 Å². The third kappa shape index (κ3) is 2.64. The van der Waals surface area contributed by atoms with Crippen LogP contribution >= 0.6 is 0 Å². The fourth-order valence-electron chi connectivity index (χ4n) is 2.86. The van der Waals surface area contributed by atoms with E-state index in [1.165, 1.54) is 16.8 Å². The highest BCUT2D eigenvalue weighted by Gasteiger charge is 2.10. The van der Waals surface area contributed by atoms with Crippen molar-refractivity contribution < 1.29 is 5.11 Å². The molecule has 0 aliphatic carbocycles. The van der Waals surface area contributed by atoms with Crippen molar-refractivity contribution in [2.75, 3.05) is 19.0 Å². The van der Waals surface area contributed by atoms with E-state index in [0.717, 1.165) is 22.8 Å². The number of phenols is 1. The Labute approximate surface area is 131 Å². The molecule has 112 valence electrons. The van der Waals surface area contributed by atoms with E-state index in [1.807, 2.05) is 32.3 Å². The number of aromatic hydroxyl groups is 1. The van der Waals surface area contributed by atoms with Crippen LogP contribution in [0.4, 0.5) is 5.69 Å². The van der Waals surface area contributed by atoms with E-state index in [9.17, 15) is 5.11 Å². The monoisotopic (exact) mass is 291 g/mol. The molecule has 0 spiro atoms. The molecule has 3 rings (SSSR count). The van der Waals surface area contributed by atoms with Crippen molar-refractivity contribution in [3.63, 3.8) is 0 Å². The molecule has 2 heteroatoms. The van der Waals surface area contributed by atoms with E-state index in [2.05, 4.69) is 42.2 Å². The molecule has 0 heterocycles. The molecular formula is C20H21NO. The first-order valence-corrected chi connectivity index (χ1v) is 7.52. The number of hydrogen-bond donors (Lipinski definition) is 1. The second-order valence-corrected chi connectivity index (χ2v) is 5.97. The first kappa shape index (κ1) is 14.5. The minimum absolute atomic E-state index is 0.370. The number of anilines is 1. The molecule has 2 nitrogen and oxygen atoms in total. The van der Waals surface area contributed by atoms with Gasteiger partial charge in [-0.2, -0.15) is 0 Å². The van der Waals surface area contributed by atoms with Crippen molar-refractivity contribution in [2.45, 2.75) is 13.3 Å². The van der Waals surface area contributed by atoms with Gasteiger partial charge in [0.15, 0.2) is 0 Å². The number of benzene rings is 3. The Bertz CT molecular complexity index is 821. The summed E-state index contributed by atoms with van der Waals surface area (Å²) in [5, 5.41) is 12.6. The Kier molecular flexibility index (Phi) is 3.76. The molecule has 0 atom stereocenters. The van der Waals surface area contributed by atoms with Gasteiger partial charge in [0.1, 0.15) is 5.75 Å². The summed E-state index contributed by atoms with van der Waals surface area (Å²) in [6.45, 7) is 2.13. The topological polar surface area (TPSA) is 23.5 Å². The lowest BCUT2D eigenvalue weighted by molar-refractivity contribution is 0.470. The maximum absolute atomic E-state index is 10.3. The van der Waals surface area contributed by atoms with Crippen LogP contribution in [0.5, 0.6) is 5.75 Å². The molecule has 0 saturated heterocycles. The van der Waals surface area contributed by atoms with Crippen LogP contribution < -0.4 is 4.90 Å². The van der Waals surface area contributed by atoms with Gasteiger partial charge in [0, 0.05) is 31.8 Å². The van der Waals surface area contributed by atoms with Crippen LogP contribution in [0.2, 0.25) is 0 Å². The third-order valence-electron chi connectivity index (χ3n) is 4.23. The van der Waals surface area contributed by atoms with Gasteiger partial charge in [0.25, 0.3) is 0 Å². The summed E-state index contributed by atoms with van der Waals surface area (Å²) in [5.41, 5.74) is 4.69. The first-order chi connectivity index (χ1) is 10.6. The van der Waals surface area contributed by atoms with E-state index in [1.54, 1.807) is 6.07 Å². The molecule has 0 amide bonds. The number of aryl methyl sites for hydroxylation is 1. The van der Waals surface area contributed by atoms with Crippen molar-refractivity contribution in [3.05, 3.63) is 71.3 Å². The van der Waals surface area contributed by atoms with E-state index >= 15 is 0 Å². The number of fused-ring (bicyclic) bond motifs is 1. The van der Waals surface area contributed by atoms with Gasteiger partial charge in [-0.25, -0.2) is 0 Å². The lowest BCUT2D eigenvalue weighted by atomic mass is 9.95. The molecule has 0 aromatic heterocycles. The maximum atomic E-state index is 10.3. The van der Waals surface area contributed by atoms with E-state index in [-0.39, 0.29) is 0 Å². The third-order valence-corrected chi connectivity index (χ3v) is 4.23. The second-order valence-electron chi connectivity index (χ2n) is 5.97. The van der Waals surface area contributed by atoms with Crippen LogP contribution in [0.1, 0.15) is 16.7 Å². The molecule has 0 bridgehead atoms. The summed E-state index contributed by atoms with van der Waals surface area (Å²) in [7, 11) is 4.09. The summed E-state index contributed by atoms with van der Waals surface area (Å²) in [6.07, 6.45) is 0.743. The van der Waals surface area contributed by atoms with Crippen molar-refractivity contribution in [3.8, 4) is 5.75 Å². The van der Waals surface area contributed by atoms with Crippen molar-refractivity contribution >= 4 is 16.5 Å². The zero-order valence-electron chi connectivity index (χ0n) is 13.3. The smallest absolute Gasteiger partial charge is 0.119 e. The normalized spacial score (nSPS) is 10.9.